The van der Waals surface area contributed by atoms with Crippen LogP contribution in [-0.2, 0) is 11.0 Å². The van der Waals surface area contributed by atoms with Gasteiger partial charge < -0.3 is 4.90 Å². The van der Waals surface area contributed by atoms with E-state index in [2.05, 4.69) is 5.92 Å². The van der Waals surface area contributed by atoms with E-state index in [1.54, 1.807) is 11.0 Å². The maximum Gasteiger partial charge on any atom is 0.416 e. The molecule has 1 fully saturated rings. The molecule has 1 aliphatic heterocycles. The molecule has 1 unspecified atom stereocenters. The lowest BCUT2D eigenvalue weighted by Gasteiger charge is -2.11. The summed E-state index contributed by atoms with van der Waals surface area (Å²) in [6, 6.07) is 4.97. The van der Waals surface area contributed by atoms with Crippen LogP contribution in [0.15, 0.2) is 30.3 Å². The maximum atomic E-state index is 12.4. The van der Waals surface area contributed by atoms with Crippen molar-refractivity contribution in [3.8, 4) is 12.3 Å². The number of hydrogen-bond donors (Lipinski definition) is 0. The average Bonchev–Trinajstić information content (AvgIpc) is 2.92. The maximum absolute atomic E-state index is 12.4. The number of hydrogen-bond acceptors (Lipinski definition) is 1. The van der Waals surface area contributed by atoms with Gasteiger partial charge in [0.2, 0.25) is 0 Å². The van der Waals surface area contributed by atoms with Crippen LogP contribution in [0.4, 0.5) is 13.2 Å². The molecule has 1 amide bonds. The molecule has 0 bridgehead atoms. The van der Waals surface area contributed by atoms with Crippen LogP contribution in [0.3, 0.4) is 0 Å². The molecule has 21 heavy (non-hydrogen) atoms. The SMILES string of the molecule is C#CC(=O)N1CCC(/C=C/c2ccc(C(F)(F)F)cc2)C1. The summed E-state index contributed by atoms with van der Waals surface area (Å²) < 4.78 is 37.3. The first-order valence-electron chi connectivity index (χ1n) is 6.51. The number of carbonyl (C=O) groups is 1. The van der Waals surface area contributed by atoms with E-state index in [0.29, 0.717) is 18.7 Å². The molecule has 1 aliphatic rings. The van der Waals surface area contributed by atoms with Crippen LogP contribution in [0.25, 0.3) is 6.08 Å². The zero-order valence-electron chi connectivity index (χ0n) is 11.2. The summed E-state index contributed by atoms with van der Waals surface area (Å²) in [5.74, 6) is 1.94. The molecule has 0 aliphatic carbocycles. The normalized spacial score (nSPS) is 19.0. The predicted molar refractivity (Wildman–Crippen MR) is 74.0 cm³/mol. The van der Waals surface area contributed by atoms with Crippen LogP contribution in [0.2, 0.25) is 0 Å². The van der Waals surface area contributed by atoms with Gasteiger partial charge in [-0.05, 0) is 36.0 Å². The monoisotopic (exact) mass is 293 g/mol. The van der Waals surface area contributed by atoms with E-state index in [1.165, 1.54) is 12.1 Å². The van der Waals surface area contributed by atoms with Gasteiger partial charge in [0.05, 0.1) is 5.56 Å². The van der Waals surface area contributed by atoms with E-state index in [-0.39, 0.29) is 11.8 Å². The molecule has 0 saturated carbocycles. The highest BCUT2D eigenvalue weighted by Crippen LogP contribution is 2.29. The lowest BCUT2D eigenvalue weighted by atomic mass is 10.1. The number of halogens is 3. The summed E-state index contributed by atoms with van der Waals surface area (Å²) in [5, 5.41) is 0. The van der Waals surface area contributed by atoms with E-state index in [0.717, 1.165) is 18.6 Å². The van der Waals surface area contributed by atoms with Crippen LogP contribution in [0.5, 0.6) is 0 Å². The number of amides is 1. The third-order valence-corrected chi connectivity index (χ3v) is 3.43. The highest BCUT2D eigenvalue weighted by molar-refractivity contribution is 5.93. The first kappa shape index (κ1) is 15.2. The molecule has 0 aromatic heterocycles. The summed E-state index contributed by atoms with van der Waals surface area (Å²) in [6.45, 7) is 1.17. The van der Waals surface area contributed by atoms with Gasteiger partial charge >= 0.3 is 6.18 Å². The summed E-state index contributed by atoms with van der Waals surface area (Å²) in [5.41, 5.74) is 0.0380. The fraction of sp³-hybridized carbons (Fsp3) is 0.312. The molecule has 0 spiro atoms. The predicted octanol–water partition coefficient (Wildman–Crippen LogP) is 3.20. The Labute approximate surface area is 121 Å². The topological polar surface area (TPSA) is 20.3 Å². The van der Waals surface area contributed by atoms with Gasteiger partial charge in [-0.15, -0.1) is 6.42 Å². The minimum absolute atomic E-state index is 0.185. The van der Waals surface area contributed by atoms with Crippen LogP contribution in [0.1, 0.15) is 17.5 Å². The lowest BCUT2D eigenvalue weighted by Crippen LogP contribution is -2.26. The first-order chi connectivity index (χ1) is 9.90. The van der Waals surface area contributed by atoms with Gasteiger partial charge in [0.1, 0.15) is 0 Å². The Kier molecular flexibility index (Phi) is 4.37. The second kappa shape index (κ2) is 6.04. The van der Waals surface area contributed by atoms with E-state index in [9.17, 15) is 18.0 Å². The van der Waals surface area contributed by atoms with Gasteiger partial charge in [-0.1, -0.05) is 24.3 Å². The van der Waals surface area contributed by atoms with Gasteiger partial charge in [0.15, 0.2) is 0 Å². The quantitative estimate of drug-likeness (QED) is 0.767. The number of nitrogens with zero attached hydrogens (tertiary/aromatic N) is 1. The van der Waals surface area contributed by atoms with Gasteiger partial charge in [0, 0.05) is 13.1 Å². The van der Waals surface area contributed by atoms with Crippen molar-refractivity contribution < 1.29 is 18.0 Å². The highest BCUT2D eigenvalue weighted by Gasteiger charge is 2.29. The smallest absolute Gasteiger partial charge is 0.331 e. The number of alkyl halides is 3. The van der Waals surface area contributed by atoms with Gasteiger partial charge in [0.25, 0.3) is 5.91 Å². The fourth-order valence-corrected chi connectivity index (χ4v) is 2.25. The largest absolute Gasteiger partial charge is 0.416 e. The number of benzene rings is 1. The second-order valence-corrected chi connectivity index (χ2v) is 4.92. The molecule has 1 saturated heterocycles. The molecule has 1 aromatic rings. The Morgan fingerprint density at radius 3 is 2.57 bits per heavy atom. The minimum Gasteiger partial charge on any atom is -0.331 e. The molecule has 5 heteroatoms. The molecule has 0 radical (unpaired) electrons. The Bertz CT molecular complexity index is 581. The second-order valence-electron chi connectivity index (χ2n) is 4.92. The third-order valence-electron chi connectivity index (χ3n) is 3.43. The first-order valence-corrected chi connectivity index (χ1v) is 6.51. The molecule has 110 valence electrons. The number of carbonyl (C=O) groups excluding carboxylic acids is 1. The third kappa shape index (κ3) is 3.88. The molecule has 2 nitrogen and oxygen atoms in total. The van der Waals surface area contributed by atoms with Crippen molar-refractivity contribution >= 4 is 12.0 Å². The summed E-state index contributed by atoms with van der Waals surface area (Å²) in [4.78, 5) is 12.9. The van der Waals surface area contributed by atoms with Crippen molar-refractivity contribution in [1.82, 2.24) is 4.90 Å². The summed E-state index contributed by atoms with van der Waals surface area (Å²) in [7, 11) is 0. The Balaban J connectivity index is 1.97. The molecule has 0 N–H and O–H groups in total. The summed E-state index contributed by atoms with van der Waals surface area (Å²) >= 11 is 0. The van der Waals surface area contributed by atoms with Crippen LogP contribution in [0, 0.1) is 18.3 Å². The molecule has 2 rings (SSSR count). The van der Waals surface area contributed by atoms with Crippen molar-refractivity contribution in [2.75, 3.05) is 13.1 Å². The van der Waals surface area contributed by atoms with E-state index in [1.807, 2.05) is 6.08 Å². The van der Waals surface area contributed by atoms with Crippen molar-refractivity contribution in [1.29, 1.82) is 0 Å². The Hall–Kier alpha value is -2.22. The van der Waals surface area contributed by atoms with Crippen molar-refractivity contribution in [2.45, 2.75) is 12.6 Å². The molecular formula is C16H14F3NO. The zero-order chi connectivity index (χ0) is 15.5. The number of likely N-dealkylation sites (tertiary alicyclic amines) is 1. The molecule has 1 aromatic carbocycles. The lowest BCUT2D eigenvalue weighted by molar-refractivity contribution is -0.137. The van der Waals surface area contributed by atoms with Crippen molar-refractivity contribution in [2.24, 2.45) is 5.92 Å². The van der Waals surface area contributed by atoms with Crippen LogP contribution in [-0.4, -0.2) is 23.9 Å². The van der Waals surface area contributed by atoms with E-state index >= 15 is 0 Å². The standard InChI is InChI=1S/C16H14F3NO/c1-2-15(21)20-10-9-13(11-20)4-3-12-5-7-14(8-6-12)16(17,18)19/h1,3-8,13H,9-11H2/b4-3+. The fourth-order valence-electron chi connectivity index (χ4n) is 2.25. The minimum atomic E-state index is -4.32. The Morgan fingerprint density at radius 2 is 2.00 bits per heavy atom. The van der Waals surface area contributed by atoms with Gasteiger partial charge in [-0.2, -0.15) is 13.2 Å². The number of terminal acetylenes is 1. The van der Waals surface area contributed by atoms with Gasteiger partial charge in [-0.25, -0.2) is 0 Å². The van der Waals surface area contributed by atoms with E-state index < -0.39 is 11.7 Å². The average molecular weight is 293 g/mol. The number of rotatable bonds is 2. The van der Waals surface area contributed by atoms with Crippen molar-refractivity contribution in [3.63, 3.8) is 0 Å². The van der Waals surface area contributed by atoms with Crippen LogP contribution < -0.4 is 0 Å². The molecule has 1 atom stereocenters. The highest BCUT2D eigenvalue weighted by atomic mass is 19.4. The van der Waals surface area contributed by atoms with Crippen molar-refractivity contribution in [3.05, 3.63) is 41.5 Å². The zero-order valence-corrected chi connectivity index (χ0v) is 11.2. The van der Waals surface area contributed by atoms with Gasteiger partial charge in [-0.3, -0.25) is 4.79 Å². The Morgan fingerprint density at radius 1 is 1.33 bits per heavy atom. The van der Waals surface area contributed by atoms with Crippen LogP contribution >= 0.6 is 0 Å². The van der Waals surface area contributed by atoms with E-state index in [4.69, 9.17) is 6.42 Å². The summed E-state index contributed by atoms with van der Waals surface area (Å²) in [6.07, 6.45) is 5.24. The molecular weight excluding hydrogens is 279 g/mol. The molecule has 1 heterocycles.